The largest absolute Gasteiger partial charge is 0.465 e. The minimum atomic E-state index is -0.340. The standard InChI is InChI=1S/C13H19N3O2/c1-13(2)9-14-7-8-16(13)11-10(12(17)18-3)5-4-6-15-11/h4-6,14H,7-9H2,1-3H3. The maximum Gasteiger partial charge on any atom is 0.341 e. The van der Waals surface area contributed by atoms with E-state index in [4.69, 9.17) is 4.74 Å². The maximum absolute atomic E-state index is 11.8. The lowest BCUT2D eigenvalue weighted by Crippen LogP contribution is -2.58. The fourth-order valence-corrected chi connectivity index (χ4v) is 2.26. The highest BCUT2D eigenvalue weighted by atomic mass is 16.5. The molecular formula is C13H19N3O2. The topological polar surface area (TPSA) is 54.5 Å². The van der Waals surface area contributed by atoms with Crippen molar-refractivity contribution in [2.75, 3.05) is 31.6 Å². The van der Waals surface area contributed by atoms with Crippen molar-refractivity contribution in [3.8, 4) is 0 Å². The minimum Gasteiger partial charge on any atom is -0.465 e. The summed E-state index contributed by atoms with van der Waals surface area (Å²) in [6, 6.07) is 3.51. The van der Waals surface area contributed by atoms with Crippen LogP contribution in [-0.2, 0) is 4.74 Å². The van der Waals surface area contributed by atoms with E-state index in [2.05, 4.69) is 29.0 Å². The fraction of sp³-hybridized carbons (Fsp3) is 0.538. The summed E-state index contributed by atoms with van der Waals surface area (Å²) >= 11 is 0. The summed E-state index contributed by atoms with van der Waals surface area (Å²) < 4.78 is 4.81. The van der Waals surface area contributed by atoms with Crippen LogP contribution in [-0.4, -0.2) is 43.2 Å². The van der Waals surface area contributed by atoms with Gasteiger partial charge in [0.2, 0.25) is 0 Å². The molecule has 0 radical (unpaired) electrons. The van der Waals surface area contributed by atoms with Gasteiger partial charge < -0.3 is 15.0 Å². The van der Waals surface area contributed by atoms with E-state index in [0.717, 1.165) is 19.6 Å². The van der Waals surface area contributed by atoms with Gasteiger partial charge in [-0.25, -0.2) is 9.78 Å². The summed E-state index contributed by atoms with van der Waals surface area (Å²) in [6.07, 6.45) is 1.71. The van der Waals surface area contributed by atoms with E-state index in [-0.39, 0.29) is 11.5 Å². The number of carbonyl (C=O) groups excluding carboxylic acids is 1. The second kappa shape index (κ2) is 4.94. The molecule has 1 fully saturated rings. The third kappa shape index (κ3) is 2.31. The summed E-state index contributed by atoms with van der Waals surface area (Å²) in [6.45, 7) is 6.85. The molecule has 0 aliphatic carbocycles. The highest BCUT2D eigenvalue weighted by Crippen LogP contribution is 2.26. The van der Waals surface area contributed by atoms with Gasteiger partial charge in [0.1, 0.15) is 11.4 Å². The molecule has 1 aromatic heterocycles. The number of carbonyl (C=O) groups is 1. The van der Waals surface area contributed by atoms with E-state index >= 15 is 0 Å². The van der Waals surface area contributed by atoms with Gasteiger partial charge in [-0.3, -0.25) is 0 Å². The average molecular weight is 249 g/mol. The Morgan fingerprint density at radius 1 is 1.56 bits per heavy atom. The zero-order chi connectivity index (χ0) is 13.2. The van der Waals surface area contributed by atoms with Crippen molar-refractivity contribution in [1.29, 1.82) is 0 Å². The van der Waals surface area contributed by atoms with Gasteiger partial charge in [0, 0.05) is 31.4 Å². The minimum absolute atomic E-state index is 0.0740. The molecule has 98 valence electrons. The Morgan fingerprint density at radius 3 is 3.00 bits per heavy atom. The number of aromatic nitrogens is 1. The number of rotatable bonds is 2. The quantitative estimate of drug-likeness (QED) is 0.794. The second-order valence-corrected chi connectivity index (χ2v) is 5.01. The lowest BCUT2D eigenvalue weighted by Gasteiger charge is -2.44. The SMILES string of the molecule is COC(=O)c1cccnc1N1CCNCC1(C)C. The molecule has 1 aromatic rings. The van der Waals surface area contributed by atoms with E-state index in [1.165, 1.54) is 7.11 Å². The molecule has 1 saturated heterocycles. The molecule has 18 heavy (non-hydrogen) atoms. The third-order valence-electron chi connectivity index (χ3n) is 3.25. The molecule has 5 nitrogen and oxygen atoms in total. The number of nitrogens with zero attached hydrogens (tertiary/aromatic N) is 2. The van der Waals surface area contributed by atoms with Crippen molar-refractivity contribution in [1.82, 2.24) is 10.3 Å². The first-order chi connectivity index (χ1) is 8.56. The highest BCUT2D eigenvalue weighted by molar-refractivity contribution is 5.94. The predicted octanol–water partition coefficient (Wildman–Crippen LogP) is 1.06. The number of piperazine rings is 1. The monoisotopic (exact) mass is 249 g/mol. The van der Waals surface area contributed by atoms with Crippen LogP contribution in [0, 0.1) is 0 Å². The van der Waals surface area contributed by atoms with Crippen molar-refractivity contribution in [3.63, 3.8) is 0 Å². The molecule has 2 rings (SSSR count). The van der Waals surface area contributed by atoms with Crippen LogP contribution in [0.25, 0.3) is 0 Å². The Hall–Kier alpha value is -1.62. The normalized spacial score (nSPS) is 18.5. The smallest absolute Gasteiger partial charge is 0.341 e. The van der Waals surface area contributed by atoms with Crippen LogP contribution < -0.4 is 10.2 Å². The van der Waals surface area contributed by atoms with Crippen molar-refractivity contribution < 1.29 is 9.53 Å². The van der Waals surface area contributed by atoms with Gasteiger partial charge in [-0.2, -0.15) is 0 Å². The van der Waals surface area contributed by atoms with E-state index in [9.17, 15) is 4.79 Å². The van der Waals surface area contributed by atoms with Gasteiger partial charge >= 0.3 is 5.97 Å². The Morgan fingerprint density at radius 2 is 2.33 bits per heavy atom. The Kier molecular flexibility index (Phi) is 3.52. The van der Waals surface area contributed by atoms with Crippen molar-refractivity contribution in [2.24, 2.45) is 0 Å². The van der Waals surface area contributed by atoms with E-state index < -0.39 is 0 Å². The molecule has 0 saturated carbocycles. The number of anilines is 1. The first-order valence-corrected chi connectivity index (χ1v) is 6.08. The molecule has 0 spiro atoms. The molecule has 1 aliphatic heterocycles. The predicted molar refractivity (Wildman–Crippen MR) is 69.9 cm³/mol. The summed E-state index contributed by atoms with van der Waals surface area (Å²) in [5.74, 6) is 0.364. The van der Waals surface area contributed by atoms with Crippen LogP contribution in [0.2, 0.25) is 0 Å². The number of methoxy groups -OCH3 is 1. The second-order valence-electron chi connectivity index (χ2n) is 5.01. The van der Waals surface area contributed by atoms with E-state index in [1.54, 1.807) is 18.3 Å². The summed E-state index contributed by atoms with van der Waals surface area (Å²) in [4.78, 5) is 18.3. The van der Waals surface area contributed by atoms with E-state index in [0.29, 0.717) is 11.4 Å². The van der Waals surface area contributed by atoms with Crippen LogP contribution in [0.1, 0.15) is 24.2 Å². The number of pyridine rings is 1. The fourth-order valence-electron chi connectivity index (χ4n) is 2.26. The molecule has 0 atom stereocenters. The third-order valence-corrected chi connectivity index (χ3v) is 3.25. The lowest BCUT2D eigenvalue weighted by molar-refractivity contribution is 0.0600. The molecule has 0 unspecified atom stereocenters. The lowest BCUT2D eigenvalue weighted by atomic mass is 9.99. The molecule has 5 heteroatoms. The van der Waals surface area contributed by atoms with Gasteiger partial charge in [-0.05, 0) is 26.0 Å². The van der Waals surface area contributed by atoms with Gasteiger partial charge in [-0.1, -0.05) is 0 Å². The zero-order valence-electron chi connectivity index (χ0n) is 11.1. The molecule has 0 amide bonds. The van der Waals surface area contributed by atoms with Gasteiger partial charge in [-0.15, -0.1) is 0 Å². The van der Waals surface area contributed by atoms with Crippen molar-refractivity contribution in [2.45, 2.75) is 19.4 Å². The van der Waals surface area contributed by atoms with Crippen LogP contribution in [0.5, 0.6) is 0 Å². The number of esters is 1. The van der Waals surface area contributed by atoms with Crippen LogP contribution >= 0.6 is 0 Å². The molecule has 1 N–H and O–H groups in total. The number of hydrogen-bond acceptors (Lipinski definition) is 5. The Bertz CT molecular complexity index is 446. The average Bonchev–Trinajstić information content (AvgIpc) is 2.37. The summed E-state index contributed by atoms with van der Waals surface area (Å²) in [5.41, 5.74) is 0.449. The highest BCUT2D eigenvalue weighted by Gasteiger charge is 2.32. The molecule has 1 aliphatic rings. The molecular weight excluding hydrogens is 230 g/mol. The van der Waals surface area contributed by atoms with Crippen molar-refractivity contribution >= 4 is 11.8 Å². The Balaban J connectivity index is 2.40. The molecule has 2 heterocycles. The number of hydrogen-bond donors (Lipinski definition) is 1. The van der Waals surface area contributed by atoms with Gasteiger partial charge in [0.15, 0.2) is 0 Å². The number of ether oxygens (including phenoxy) is 1. The summed E-state index contributed by atoms with van der Waals surface area (Å²) in [5, 5.41) is 3.35. The summed E-state index contributed by atoms with van der Waals surface area (Å²) in [7, 11) is 1.39. The molecule has 0 aromatic carbocycles. The van der Waals surface area contributed by atoms with Crippen molar-refractivity contribution in [3.05, 3.63) is 23.9 Å². The maximum atomic E-state index is 11.8. The number of nitrogens with one attached hydrogen (secondary N) is 1. The van der Waals surface area contributed by atoms with Gasteiger partial charge in [0.05, 0.1) is 7.11 Å². The first kappa shape index (κ1) is 12.8. The Labute approximate surface area is 107 Å². The molecule has 0 bridgehead atoms. The van der Waals surface area contributed by atoms with Crippen LogP contribution in [0.3, 0.4) is 0 Å². The van der Waals surface area contributed by atoms with Crippen LogP contribution in [0.4, 0.5) is 5.82 Å². The zero-order valence-corrected chi connectivity index (χ0v) is 11.1. The first-order valence-electron chi connectivity index (χ1n) is 6.08. The van der Waals surface area contributed by atoms with Gasteiger partial charge in [0.25, 0.3) is 0 Å². The van der Waals surface area contributed by atoms with Crippen LogP contribution in [0.15, 0.2) is 18.3 Å². The van der Waals surface area contributed by atoms with E-state index in [1.807, 2.05) is 0 Å².